The number of alkyl halides is 3. The summed E-state index contributed by atoms with van der Waals surface area (Å²) in [7, 11) is 0. The highest BCUT2D eigenvalue weighted by atomic mass is 19.4. The van der Waals surface area contributed by atoms with Gasteiger partial charge in [0.25, 0.3) is 0 Å². The zero-order chi connectivity index (χ0) is 12.6. The van der Waals surface area contributed by atoms with E-state index >= 15 is 0 Å². The van der Waals surface area contributed by atoms with Crippen LogP contribution in [0.5, 0.6) is 0 Å². The lowest BCUT2D eigenvalue weighted by Gasteiger charge is -2.27. The number of hydrogen-bond donors (Lipinski definition) is 1. The summed E-state index contributed by atoms with van der Waals surface area (Å²) in [5.41, 5.74) is -1.78. The van der Waals surface area contributed by atoms with E-state index in [1.165, 1.54) is 18.2 Å². The molecule has 88 valence electrons. The summed E-state index contributed by atoms with van der Waals surface area (Å²) in [5.74, 6) is 0. The molecular weight excluding hydrogens is 217 g/mol. The zero-order valence-corrected chi connectivity index (χ0v) is 9.10. The Balaban J connectivity index is 3.24. The predicted molar refractivity (Wildman–Crippen MR) is 56.8 cm³/mol. The van der Waals surface area contributed by atoms with Gasteiger partial charge in [0, 0.05) is 0 Å². The van der Waals surface area contributed by atoms with Crippen LogP contribution < -0.4 is 0 Å². The van der Waals surface area contributed by atoms with E-state index in [0.717, 1.165) is 6.92 Å². The first kappa shape index (κ1) is 12.8. The molecule has 0 heterocycles. The van der Waals surface area contributed by atoms with E-state index in [9.17, 15) is 18.3 Å². The van der Waals surface area contributed by atoms with Gasteiger partial charge >= 0.3 is 6.18 Å². The number of rotatable bonds is 2. The summed E-state index contributed by atoms with van der Waals surface area (Å²) in [6, 6.07) is 5.67. The maximum Gasteiger partial charge on any atom is 0.421 e. The molecule has 0 bridgehead atoms. The number of hydrogen-bond acceptors (Lipinski definition) is 1. The van der Waals surface area contributed by atoms with Gasteiger partial charge in [0.2, 0.25) is 0 Å². The molecule has 1 nitrogen and oxygen atoms in total. The molecule has 0 aliphatic rings. The summed E-state index contributed by atoms with van der Waals surface area (Å²) in [5, 5.41) is 9.47. The van der Waals surface area contributed by atoms with Crippen molar-refractivity contribution in [2.45, 2.75) is 25.6 Å². The smallest absolute Gasteiger partial charge is 0.376 e. The lowest BCUT2D eigenvalue weighted by atomic mass is 9.92. The highest BCUT2D eigenvalue weighted by Gasteiger charge is 2.51. The fourth-order valence-electron chi connectivity index (χ4n) is 1.25. The third-order valence-electron chi connectivity index (χ3n) is 2.47. The van der Waals surface area contributed by atoms with Gasteiger partial charge in [-0.1, -0.05) is 30.4 Å². The lowest BCUT2D eigenvalue weighted by Crippen LogP contribution is -2.39. The van der Waals surface area contributed by atoms with Gasteiger partial charge in [-0.05, 0) is 31.0 Å². The first-order valence-electron chi connectivity index (χ1n) is 4.72. The number of benzene rings is 1. The third-order valence-corrected chi connectivity index (χ3v) is 2.47. The quantitative estimate of drug-likeness (QED) is 0.824. The molecule has 1 atom stereocenters. The minimum absolute atomic E-state index is 0.180. The molecular formula is C12H13F3O. The van der Waals surface area contributed by atoms with Gasteiger partial charge in [-0.15, -0.1) is 0 Å². The van der Waals surface area contributed by atoms with Gasteiger partial charge in [-0.25, -0.2) is 0 Å². The molecule has 1 rings (SSSR count). The van der Waals surface area contributed by atoms with Crippen molar-refractivity contribution in [1.29, 1.82) is 0 Å². The molecule has 0 aromatic heterocycles. The van der Waals surface area contributed by atoms with Crippen LogP contribution in [0.3, 0.4) is 0 Å². The average Bonchev–Trinajstić information content (AvgIpc) is 2.16. The Morgan fingerprint density at radius 2 is 1.88 bits per heavy atom. The minimum Gasteiger partial charge on any atom is -0.376 e. The molecule has 16 heavy (non-hydrogen) atoms. The fraction of sp³-hybridized carbons (Fsp3) is 0.333. The first-order chi connectivity index (χ1) is 7.16. The van der Waals surface area contributed by atoms with Crippen molar-refractivity contribution in [2.75, 3.05) is 0 Å². The first-order valence-corrected chi connectivity index (χ1v) is 4.72. The molecule has 4 heteroatoms. The van der Waals surface area contributed by atoms with E-state index in [0.29, 0.717) is 11.1 Å². The second-order valence-corrected chi connectivity index (χ2v) is 3.93. The summed E-state index contributed by atoms with van der Waals surface area (Å²) in [6.45, 7) is 6.08. The molecule has 1 unspecified atom stereocenters. The Labute approximate surface area is 92.2 Å². The molecule has 0 spiro atoms. The largest absolute Gasteiger partial charge is 0.421 e. The molecule has 1 aromatic carbocycles. The van der Waals surface area contributed by atoms with Crippen molar-refractivity contribution in [3.8, 4) is 0 Å². The molecule has 0 amide bonds. The van der Waals surface area contributed by atoms with Crippen molar-refractivity contribution in [3.63, 3.8) is 0 Å². The molecule has 0 fully saturated rings. The molecule has 1 N–H and O–H groups in total. The molecule has 0 aliphatic carbocycles. The van der Waals surface area contributed by atoms with Gasteiger partial charge in [0.05, 0.1) is 0 Å². The van der Waals surface area contributed by atoms with Crippen LogP contribution in [0.2, 0.25) is 0 Å². The summed E-state index contributed by atoms with van der Waals surface area (Å²) in [6.07, 6.45) is -4.69. The van der Waals surface area contributed by atoms with Crippen LogP contribution in [-0.4, -0.2) is 11.3 Å². The summed E-state index contributed by atoms with van der Waals surface area (Å²) >= 11 is 0. The topological polar surface area (TPSA) is 20.2 Å². The van der Waals surface area contributed by atoms with Crippen molar-refractivity contribution in [1.82, 2.24) is 0 Å². The van der Waals surface area contributed by atoms with Gasteiger partial charge in [0.1, 0.15) is 0 Å². The van der Waals surface area contributed by atoms with E-state index in [1.807, 2.05) is 0 Å². The van der Waals surface area contributed by atoms with Crippen LogP contribution in [0, 0.1) is 0 Å². The second kappa shape index (κ2) is 3.94. The van der Waals surface area contributed by atoms with Crippen LogP contribution in [0.4, 0.5) is 13.2 Å². The maximum atomic E-state index is 12.6. The van der Waals surface area contributed by atoms with Crippen molar-refractivity contribution >= 4 is 5.57 Å². The molecule has 0 saturated carbocycles. The second-order valence-electron chi connectivity index (χ2n) is 3.93. The third kappa shape index (κ3) is 2.27. The van der Waals surface area contributed by atoms with E-state index in [-0.39, 0.29) is 5.56 Å². The standard InChI is InChI=1S/C12H13F3O/c1-8(2)9-5-4-6-10(7-9)11(3,16)12(13,14)15/h4-7,16H,1H2,2-3H3. The van der Waals surface area contributed by atoms with Gasteiger partial charge in [-0.3, -0.25) is 0 Å². The van der Waals surface area contributed by atoms with Gasteiger partial charge in [-0.2, -0.15) is 13.2 Å². The fourth-order valence-corrected chi connectivity index (χ4v) is 1.25. The Morgan fingerprint density at radius 1 is 1.31 bits per heavy atom. The summed E-state index contributed by atoms with van der Waals surface area (Å²) < 4.78 is 37.7. The van der Waals surface area contributed by atoms with Crippen LogP contribution in [0.15, 0.2) is 30.8 Å². The van der Waals surface area contributed by atoms with E-state index in [2.05, 4.69) is 6.58 Å². The SMILES string of the molecule is C=C(C)c1cccc(C(C)(O)C(F)(F)F)c1. The zero-order valence-electron chi connectivity index (χ0n) is 9.10. The van der Waals surface area contributed by atoms with Gasteiger partial charge in [0.15, 0.2) is 5.60 Å². The van der Waals surface area contributed by atoms with Crippen LogP contribution in [0.1, 0.15) is 25.0 Å². The molecule has 0 radical (unpaired) electrons. The van der Waals surface area contributed by atoms with Gasteiger partial charge < -0.3 is 5.11 Å². The number of aliphatic hydroxyl groups is 1. The maximum absolute atomic E-state index is 12.6. The highest BCUT2D eigenvalue weighted by molar-refractivity contribution is 5.62. The number of allylic oxidation sites excluding steroid dienone is 1. The van der Waals surface area contributed by atoms with Crippen molar-refractivity contribution in [2.24, 2.45) is 0 Å². The monoisotopic (exact) mass is 230 g/mol. The predicted octanol–water partition coefficient (Wildman–Crippen LogP) is 3.49. The Bertz CT molecular complexity index is 405. The Morgan fingerprint density at radius 3 is 2.31 bits per heavy atom. The lowest BCUT2D eigenvalue weighted by molar-refractivity contribution is -0.258. The van der Waals surface area contributed by atoms with E-state index < -0.39 is 11.8 Å². The minimum atomic E-state index is -4.69. The van der Waals surface area contributed by atoms with Crippen LogP contribution in [0.25, 0.3) is 5.57 Å². The summed E-state index contributed by atoms with van der Waals surface area (Å²) in [4.78, 5) is 0. The molecule has 0 saturated heterocycles. The van der Waals surface area contributed by atoms with E-state index in [4.69, 9.17) is 0 Å². The van der Waals surface area contributed by atoms with E-state index in [1.54, 1.807) is 13.0 Å². The number of halogens is 3. The molecule has 0 aliphatic heterocycles. The van der Waals surface area contributed by atoms with Crippen LogP contribution >= 0.6 is 0 Å². The normalized spacial score (nSPS) is 15.6. The Hall–Kier alpha value is -1.29. The highest BCUT2D eigenvalue weighted by Crippen LogP contribution is 2.38. The average molecular weight is 230 g/mol. The van der Waals surface area contributed by atoms with Crippen LogP contribution in [-0.2, 0) is 5.60 Å². The van der Waals surface area contributed by atoms with Crippen molar-refractivity contribution < 1.29 is 18.3 Å². The Kier molecular flexibility index (Phi) is 3.15. The molecule has 1 aromatic rings. The van der Waals surface area contributed by atoms with Crippen molar-refractivity contribution in [3.05, 3.63) is 42.0 Å².